The third kappa shape index (κ3) is 13.9. The van der Waals surface area contributed by atoms with Crippen LogP contribution in [0.2, 0.25) is 0 Å². The summed E-state index contributed by atoms with van der Waals surface area (Å²) in [6, 6.07) is 4.71. The zero-order chi connectivity index (χ0) is 22.7. The number of hydrogen-bond donors (Lipinski definition) is 0. The summed E-state index contributed by atoms with van der Waals surface area (Å²) in [6.45, 7) is 6.19. The van der Waals surface area contributed by atoms with E-state index < -0.39 is 11.9 Å². The van der Waals surface area contributed by atoms with Crippen LogP contribution in [-0.4, -0.2) is 29.6 Å². The molecule has 31 heavy (non-hydrogen) atoms. The number of unbranched alkanes of at least 4 members (excludes halogenated alkanes) is 13. The maximum Gasteiger partial charge on any atom is 0.357 e. The molecule has 0 atom stereocenters. The van der Waals surface area contributed by atoms with Crippen LogP contribution in [0, 0.1) is 0 Å². The van der Waals surface area contributed by atoms with Crippen LogP contribution >= 0.6 is 0 Å². The molecule has 0 aliphatic carbocycles. The average Bonchev–Trinajstić information content (AvgIpc) is 2.76. The normalized spacial score (nSPS) is 11.0. The van der Waals surface area contributed by atoms with Crippen LogP contribution in [0.3, 0.4) is 0 Å². The molecule has 0 radical (unpaired) electrons. The molecule has 1 aromatic heterocycles. The molecular formula is C26H43NO4. The van der Waals surface area contributed by atoms with E-state index in [-0.39, 0.29) is 17.5 Å². The Kier molecular flexibility index (Phi) is 15.5. The topological polar surface area (TPSA) is 65.5 Å². The molecule has 1 rings (SSSR count). The third-order valence-electron chi connectivity index (χ3n) is 5.24. The average molecular weight is 434 g/mol. The van der Waals surface area contributed by atoms with Crippen molar-refractivity contribution in [2.45, 2.75) is 117 Å². The molecule has 0 unspecified atom stereocenters. The highest BCUT2D eigenvalue weighted by Crippen LogP contribution is 2.13. The quantitative estimate of drug-likeness (QED) is 0.180. The standard InChI is InChI=1S/C26H43NO4/c1-4-5-6-7-8-9-10-11-12-13-14-15-16-17-21-30-25(28)23-19-18-20-24(27-23)26(29)31-22(2)3/h18-20,22H,4-17,21H2,1-3H3. The SMILES string of the molecule is CCCCCCCCCCCCCCCCOC(=O)c1cccc(C(=O)OC(C)C)n1. The molecule has 0 aliphatic heterocycles. The fraction of sp³-hybridized carbons (Fsp3) is 0.731. The lowest BCUT2D eigenvalue weighted by Crippen LogP contribution is -2.15. The zero-order valence-electron chi connectivity index (χ0n) is 20.0. The van der Waals surface area contributed by atoms with Gasteiger partial charge in [0.25, 0.3) is 0 Å². The third-order valence-corrected chi connectivity index (χ3v) is 5.24. The first-order valence-corrected chi connectivity index (χ1v) is 12.4. The van der Waals surface area contributed by atoms with E-state index in [9.17, 15) is 9.59 Å². The van der Waals surface area contributed by atoms with Crippen LogP contribution in [0.25, 0.3) is 0 Å². The molecule has 0 saturated heterocycles. The van der Waals surface area contributed by atoms with E-state index in [1.807, 2.05) is 0 Å². The first-order valence-electron chi connectivity index (χ1n) is 12.4. The Balaban J connectivity index is 2.02. The minimum absolute atomic E-state index is 0.125. The molecule has 5 heteroatoms. The number of carbonyl (C=O) groups is 2. The number of rotatable bonds is 18. The molecule has 0 N–H and O–H groups in total. The minimum Gasteiger partial charge on any atom is -0.461 e. The summed E-state index contributed by atoms with van der Waals surface area (Å²) in [7, 11) is 0. The molecule has 0 saturated carbocycles. The van der Waals surface area contributed by atoms with Crippen molar-refractivity contribution < 1.29 is 19.1 Å². The monoisotopic (exact) mass is 433 g/mol. The lowest BCUT2D eigenvalue weighted by Gasteiger charge is -2.08. The van der Waals surface area contributed by atoms with Gasteiger partial charge < -0.3 is 9.47 Å². The Labute approximate surface area is 189 Å². The molecule has 0 amide bonds. The van der Waals surface area contributed by atoms with Gasteiger partial charge in [0, 0.05) is 0 Å². The Morgan fingerprint density at radius 1 is 0.742 bits per heavy atom. The maximum atomic E-state index is 12.1. The summed E-state index contributed by atoms with van der Waals surface area (Å²) in [6.07, 6.45) is 17.8. The van der Waals surface area contributed by atoms with Gasteiger partial charge in [-0.3, -0.25) is 0 Å². The molecule has 1 aromatic rings. The second-order valence-corrected chi connectivity index (χ2v) is 8.59. The van der Waals surface area contributed by atoms with Crippen molar-refractivity contribution in [3.63, 3.8) is 0 Å². The van der Waals surface area contributed by atoms with Crippen molar-refractivity contribution in [3.8, 4) is 0 Å². The molecule has 0 spiro atoms. The highest BCUT2D eigenvalue weighted by Gasteiger charge is 2.15. The zero-order valence-corrected chi connectivity index (χ0v) is 20.0. The van der Waals surface area contributed by atoms with E-state index in [1.54, 1.807) is 26.0 Å². The van der Waals surface area contributed by atoms with Gasteiger partial charge in [0.05, 0.1) is 12.7 Å². The van der Waals surface area contributed by atoms with Crippen LogP contribution in [0.4, 0.5) is 0 Å². The van der Waals surface area contributed by atoms with Crippen LogP contribution in [0.15, 0.2) is 18.2 Å². The van der Waals surface area contributed by atoms with Crippen molar-refractivity contribution in [1.29, 1.82) is 0 Å². The van der Waals surface area contributed by atoms with E-state index in [1.165, 1.54) is 83.1 Å². The van der Waals surface area contributed by atoms with Gasteiger partial charge in [-0.25, -0.2) is 14.6 Å². The lowest BCUT2D eigenvalue weighted by molar-refractivity contribution is 0.0370. The van der Waals surface area contributed by atoms with E-state index in [2.05, 4.69) is 11.9 Å². The summed E-state index contributed by atoms with van der Waals surface area (Å²) in [5, 5.41) is 0. The predicted octanol–water partition coefficient (Wildman–Crippen LogP) is 7.28. The van der Waals surface area contributed by atoms with E-state index in [4.69, 9.17) is 9.47 Å². The van der Waals surface area contributed by atoms with Crippen LogP contribution in [0.5, 0.6) is 0 Å². The summed E-state index contributed by atoms with van der Waals surface area (Å²) < 4.78 is 10.4. The number of ether oxygens (including phenoxy) is 2. The van der Waals surface area contributed by atoms with Gasteiger partial charge in [-0.2, -0.15) is 0 Å². The van der Waals surface area contributed by atoms with Gasteiger partial charge in [0.15, 0.2) is 0 Å². The molecule has 0 fully saturated rings. The van der Waals surface area contributed by atoms with Gasteiger partial charge in [-0.1, -0.05) is 96.5 Å². The van der Waals surface area contributed by atoms with Gasteiger partial charge in [-0.15, -0.1) is 0 Å². The van der Waals surface area contributed by atoms with Gasteiger partial charge in [0.2, 0.25) is 0 Å². The molecular weight excluding hydrogens is 390 g/mol. The first-order chi connectivity index (χ1) is 15.0. The highest BCUT2D eigenvalue weighted by molar-refractivity contribution is 5.91. The minimum atomic E-state index is -0.531. The number of aromatic nitrogens is 1. The van der Waals surface area contributed by atoms with Crippen LogP contribution < -0.4 is 0 Å². The van der Waals surface area contributed by atoms with Crippen molar-refractivity contribution in [3.05, 3.63) is 29.6 Å². The second-order valence-electron chi connectivity index (χ2n) is 8.59. The molecule has 0 aliphatic rings. The fourth-order valence-corrected chi connectivity index (χ4v) is 3.47. The van der Waals surface area contributed by atoms with Gasteiger partial charge in [0.1, 0.15) is 11.4 Å². The molecule has 0 aromatic carbocycles. The molecule has 1 heterocycles. The summed E-state index contributed by atoms with van der Waals surface area (Å²) in [5.41, 5.74) is 0.267. The van der Waals surface area contributed by atoms with Gasteiger partial charge >= 0.3 is 11.9 Å². The number of nitrogens with zero attached hydrogens (tertiary/aromatic N) is 1. The van der Waals surface area contributed by atoms with E-state index >= 15 is 0 Å². The molecule has 0 bridgehead atoms. The van der Waals surface area contributed by atoms with Crippen molar-refractivity contribution in [2.75, 3.05) is 6.61 Å². The van der Waals surface area contributed by atoms with E-state index in [0.29, 0.717) is 6.61 Å². The predicted molar refractivity (Wildman–Crippen MR) is 125 cm³/mol. The summed E-state index contributed by atoms with van der Waals surface area (Å²) >= 11 is 0. The molecule has 176 valence electrons. The smallest absolute Gasteiger partial charge is 0.357 e. The Morgan fingerprint density at radius 2 is 1.19 bits per heavy atom. The summed E-state index contributed by atoms with van der Waals surface area (Å²) in [4.78, 5) is 28.1. The number of esters is 2. The lowest BCUT2D eigenvalue weighted by atomic mass is 10.0. The molecule has 5 nitrogen and oxygen atoms in total. The fourth-order valence-electron chi connectivity index (χ4n) is 3.47. The number of pyridine rings is 1. The van der Waals surface area contributed by atoms with Crippen LogP contribution in [0.1, 0.15) is 132 Å². The van der Waals surface area contributed by atoms with E-state index in [0.717, 1.165) is 12.8 Å². The van der Waals surface area contributed by atoms with Crippen molar-refractivity contribution in [1.82, 2.24) is 4.98 Å². The summed E-state index contributed by atoms with van der Waals surface area (Å²) in [5.74, 6) is -1.02. The Morgan fingerprint density at radius 3 is 1.68 bits per heavy atom. The first kappa shape index (κ1) is 27.1. The largest absolute Gasteiger partial charge is 0.461 e. The van der Waals surface area contributed by atoms with Crippen molar-refractivity contribution >= 4 is 11.9 Å². The van der Waals surface area contributed by atoms with Gasteiger partial charge in [-0.05, 0) is 32.4 Å². The van der Waals surface area contributed by atoms with Crippen LogP contribution in [-0.2, 0) is 9.47 Å². The number of hydrogen-bond acceptors (Lipinski definition) is 5. The second kappa shape index (κ2) is 17.7. The maximum absolute atomic E-state index is 12.1. The Bertz CT molecular complexity index is 615. The van der Waals surface area contributed by atoms with Crippen molar-refractivity contribution in [2.24, 2.45) is 0 Å². The highest BCUT2D eigenvalue weighted by atomic mass is 16.5. The Hall–Kier alpha value is -1.91. The number of carbonyl (C=O) groups excluding carboxylic acids is 2.